The summed E-state index contributed by atoms with van der Waals surface area (Å²) in [6, 6.07) is 49.8. The third kappa shape index (κ3) is 4.41. The fraction of sp³-hybridized carbons (Fsp3) is 0.115. The average molecular weight is 721 g/mol. The van der Waals surface area contributed by atoms with E-state index in [1.54, 1.807) is 0 Å². The number of para-hydroxylation sites is 3. The zero-order chi connectivity index (χ0) is 38.1. The van der Waals surface area contributed by atoms with Crippen LogP contribution in [0.3, 0.4) is 0 Å². The van der Waals surface area contributed by atoms with Crippen molar-refractivity contribution in [2.45, 2.75) is 38.5 Å². The van der Waals surface area contributed by atoms with E-state index in [1.165, 1.54) is 76.8 Å². The van der Waals surface area contributed by atoms with Gasteiger partial charge in [-0.15, -0.1) is 0 Å². The molecule has 0 saturated heterocycles. The quantitative estimate of drug-likeness (QED) is 0.0822. The van der Waals surface area contributed by atoms with Gasteiger partial charge < -0.3 is 11.5 Å². The standard InChI is InChI=1S/C52H40N4/c1-51(2)40-23-19-29-12-8-9-15-33(29)47(40)38-26-42-39(27-41(38)51)48-36-22-21-34-31(28-55-45-17-11-10-16-44(45)53)24-37(50(54)56-32-13-6-5-7-14-32)35-20-18-30(46(36)49(34)35)25-43(48)52(42,3)4/h5-28H,53H2,1-4H3,(H2,54,56). The third-order valence-electron chi connectivity index (χ3n) is 12.8. The Morgan fingerprint density at radius 3 is 1.96 bits per heavy atom. The van der Waals surface area contributed by atoms with Gasteiger partial charge in [0.25, 0.3) is 0 Å². The molecular formula is C52H40N4. The smallest absolute Gasteiger partial charge is 0.131 e. The molecule has 0 fully saturated rings. The van der Waals surface area contributed by atoms with Crippen molar-refractivity contribution < 1.29 is 0 Å². The number of amidine groups is 1. The number of benzene rings is 9. The molecule has 0 amide bonds. The number of fused-ring (bicyclic) bond motifs is 9. The first-order valence-corrected chi connectivity index (χ1v) is 19.4. The maximum Gasteiger partial charge on any atom is 0.131 e. The van der Waals surface area contributed by atoms with Crippen molar-refractivity contribution in [3.05, 3.63) is 173 Å². The Hall–Kier alpha value is -6.78. The van der Waals surface area contributed by atoms with Crippen LogP contribution in [0.5, 0.6) is 0 Å². The Balaban J connectivity index is 1.20. The average Bonchev–Trinajstić information content (AvgIpc) is 3.57. The molecule has 4 N–H and O–H groups in total. The van der Waals surface area contributed by atoms with E-state index in [4.69, 9.17) is 21.5 Å². The summed E-state index contributed by atoms with van der Waals surface area (Å²) in [5.41, 5.74) is 27.9. The first-order valence-electron chi connectivity index (χ1n) is 19.4. The molecule has 4 nitrogen and oxygen atoms in total. The molecule has 9 aromatic rings. The van der Waals surface area contributed by atoms with Gasteiger partial charge in [0, 0.05) is 28.2 Å². The van der Waals surface area contributed by atoms with Crippen molar-refractivity contribution in [1.29, 1.82) is 0 Å². The molecule has 0 aliphatic heterocycles. The summed E-state index contributed by atoms with van der Waals surface area (Å²) in [5, 5.41) is 9.67. The number of hydrogen-bond acceptors (Lipinski definition) is 3. The number of anilines is 1. The maximum absolute atomic E-state index is 6.95. The van der Waals surface area contributed by atoms with Crippen LogP contribution in [0.15, 0.2) is 150 Å². The second-order valence-corrected chi connectivity index (χ2v) is 16.6. The molecule has 0 spiro atoms. The molecule has 0 heterocycles. The molecule has 56 heavy (non-hydrogen) atoms. The van der Waals surface area contributed by atoms with Crippen LogP contribution in [0.25, 0.3) is 65.3 Å². The molecule has 0 saturated carbocycles. The van der Waals surface area contributed by atoms with Gasteiger partial charge in [-0.2, -0.15) is 0 Å². The Morgan fingerprint density at radius 1 is 0.536 bits per heavy atom. The monoisotopic (exact) mass is 720 g/mol. The number of rotatable bonds is 4. The van der Waals surface area contributed by atoms with E-state index in [0.29, 0.717) is 11.5 Å². The zero-order valence-electron chi connectivity index (χ0n) is 31.9. The van der Waals surface area contributed by atoms with Crippen molar-refractivity contribution in [2.24, 2.45) is 15.7 Å². The molecule has 268 valence electrons. The van der Waals surface area contributed by atoms with E-state index in [-0.39, 0.29) is 10.8 Å². The topological polar surface area (TPSA) is 76.8 Å². The Kier molecular flexibility index (Phi) is 6.63. The summed E-state index contributed by atoms with van der Waals surface area (Å²) in [6.45, 7) is 9.57. The first-order chi connectivity index (χ1) is 27.1. The molecule has 0 unspecified atom stereocenters. The molecule has 2 aliphatic carbocycles. The van der Waals surface area contributed by atoms with Gasteiger partial charge in [0.15, 0.2) is 0 Å². The minimum atomic E-state index is -0.201. The maximum atomic E-state index is 6.95. The van der Waals surface area contributed by atoms with Crippen molar-refractivity contribution in [3.8, 4) is 22.3 Å². The zero-order valence-corrected chi connectivity index (χ0v) is 31.9. The minimum absolute atomic E-state index is 0.138. The van der Waals surface area contributed by atoms with Crippen LogP contribution < -0.4 is 11.5 Å². The van der Waals surface area contributed by atoms with Crippen LogP contribution in [-0.2, 0) is 10.8 Å². The third-order valence-corrected chi connectivity index (χ3v) is 12.8. The van der Waals surface area contributed by atoms with Crippen molar-refractivity contribution in [1.82, 2.24) is 0 Å². The van der Waals surface area contributed by atoms with Crippen molar-refractivity contribution in [2.75, 3.05) is 5.73 Å². The molecule has 9 aromatic carbocycles. The van der Waals surface area contributed by atoms with E-state index in [1.807, 2.05) is 60.8 Å². The van der Waals surface area contributed by atoms with Crippen LogP contribution in [0, 0.1) is 0 Å². The van der Waals surface area contributed by atoms with Gasteiger partial charge in [0.05, 0.1) is 17.1 Å². The van der Waals surface area contributed by atoms with Gasteiger partial charge in [0.2, 0.25) is 0 Å². The van der Waals surface area contributed by atoms with Gasteiger partial charge in [-0.3, -0.25) is 4.99 Å². The number of nitrogens with zero attached hydrogens (tertiary/aromatic N) is 2. The van der Waals surface area contributed by atoms with Crippen LogP contribution in [0.4, 0.5) is 17.1 Å². The van der Waals surface area contributed by atoms with Crippen LogP contribution in [-0.4, -0.2) is 12.1 Å². The highest BCUT2D eigenvalue weighted by Gasteiger charge is 2.43. The highest BCUT2D eigenvalue weighted by Crippen LogP contribution is 2.59. The van der Waals surface area contributed by atoms with Crippen molar-refractivity contribution in [3.63, 3.8) is 0 Å². The Morgan fingerprint density at radius 2 is 1.18 bits per heavy atom. The lowest BCUT2D eigenvalue weighted by atomic mass is 9.79. The Bertz CT molecular complexity index is 3200. The number of aliphatic imine (C=N–C) groups is 2. The molecule has 11 rings (SSSR count). The SMILES string of the molecule is CC1(C)c2cc3c(cc2-c2c1ccc1ccccc21)C(C)(C)c1cc2ccc4c(C(N)=Nc5ccccc5)cc(C=Nc5ccccc5N)c5ccc(c1-3)c2c54. The normalized spacial score (nSPS) is 15.2. The van der Waals surface area contributed by atoms with Crippen molar-refractivity contribution >= 4 is 72.2 Å². The van der Waals surface area contributed by atoms with Gasteiger partial charge in [-0.05, 0) is 136 Å². The molecule has 0 radical (unpaired) electrons. The predicted octanol–water partition coefficient (Wildman–Crippen LogP) is 12.7. The number of nitrogens with two attached hydrogens (primary N) is 2. The van der Waals surface area contributed by atoms with E-state index < -0.39 is 0 Å². The molecule has 2 aliphatic rings. The second-order valence-electron chi connectivity index (χ2n) is 16.6. The van der Waals surface area contributed by atoms with Gasteiger partial charge in [0.1, 0.15) is 5.84 Å². The van der Waals surface area contributed by atoms with Crippen LogP contribution in [0.2, 0.25) is 0 Å². The van der Waals surface area contributed by atoms with Gasteiger partial charge in [-0.25, -0.2) is 4.99 Å². The summed E-state index contributed by atoms with van der Waals surface area (Å²) >= 11 is 0. The van der Waals surface area contributed by atoms with Crippen LogP contribution in [0.1, 0.15) is 61.1 Å². The fourth-order valence-electron chi connectivity index (χ4n) is 9.97. The summed E-state index contributed by atoms with van der Waals surface area (Å²) in [5.74, 6) is 0.463. The largest absolute Gasteiger partial charge is 0.397 e. The lowest BCUT2D eigenvalue weighted by Crippen LogP contribution is -2.17. The minimum Gasteiger partial charge on any atom is -0.397 e. The molecule has 0 bridgehead atoms. The molecule has 0 atom stereocenters. The summed E-state index contributed by atoms with van der Waals surface area (Å²) < 4.78 is 0. The first kappa shape index (κ1) is 32.6. The summed E-state index contributed by atoms with van der Waals surface area (Å²) in [4.78, 5) is 9.81. The fourth-order valence-corrected chi connectivity index (χ4v) is 9.97. The van der Waals surface area contributed by atoms with Crippen LogP contribution >= 0.6 is 0 Å². The van der Waals surface area contributed by atoms with E-state index in [9.17, 15) is 0 Å². The van der Waals surface area contributed by atoms with E-state index in [2.05, 4.69) is 113 Å². The number of nitrogen functional groups attached to an aromatic ring is 1. The highest BCUT2D eigenvalue weighted by atomic mass is 14.9. The van der Waals surface area contributed by atoms with E-state index in [0.717, 1.165) is 33.3 Å². The number of hydrogen-bond donors (Lipinski definition) is 2. The predicted molar refractivity (Wildman–Crippen MR) is 238 cm³/mol. The Labute approximate surface area is 326 Å². The summed E-state index contributed by atoms with van der Waals surface area (Å²) in [7, 11) is 0. The molecule has 4 heteroatoms. The lowest BCUT2D eigenvalue weighted by Gasteiger charge is -2.24. The highest BCUT2D eigenvalue weighted by molar-refractivity contribution is 6.31. The van der Waals surface area contributed by atoms with Gasteiger partial charge >= 0.3 is 0 Å². The lowest BCUT2D eigenvalue weighted by molar-refractivity contribution is 0.652. The molecular weight excluding hydrogens is 681 g/mol. The molecule has 0 aromatic heterocycles. The van der Waals surface area contributed by atoms with E-state index >= 15 is 0 Å². The second kappa shape index (κ2) is 11.4. The summed E-state index contributed by atoms with van der Waals surface area (Å²) in [6.07, 6.45) is 1.92. The van der Waals surface area contributed by atoms with Gasteiger partial charge in [-0.1, -0.05) is 119 Å².